The van der Waals surface area contributed by atoms with Gasteiger partial charge in [-0.05, 0) is 54.3 Å². The predicted molar refractivity (Wildman–Crippen MR) is 117 cm³/mol. The maximum atomic E-state index is 12.4. The quantitative estimate of drug-likeness (QED) is 0.484. The molecule has 3 aromatic rings. The van der Waals surface area contributed by atoms with Gasteiger partial charge in [-0.3, -0.25) is 4.79 Å². The average Bonchev–Trinajstić information content (AvgIpc) is 2.78. The second-order valence-electron chi connectivity index (χ2n) is 6.96. The third-order valence-electron chi connectivity index (χ3n) is 4.76. The van der Waals surface area contributed by atoms with Crippen molar-refractivity contribution in [1.82, 2.24) is 0 Å². The number of nitrogens with one attached hydrogen (secondary N) is 1. The van der Waals surface area contributed by atoms with E-state index in [1.54, 1.807) is 24.3 Å². The lowest BCUT2D eigenvalue weighted by Crippen LogP contribution is -2.21. The largest absolute Gasteiger partial charge is 0.457 e. The summed E-state index contributed by atoms with van der Waals surface area (Å²) in [6.45, 7) is 3.84. The molecule has 1 atom stereocenters. The van der Waals surface area contributed by atoms with Crippen LogP contribution in [-0.4, -0.2) is 18.5 Å². The van der Waals surface area contributed by atoms with Crippen LogP contribution < -0.4 is 10.1 Å². The molecule has 0 fully saturated rings. The number of benzene rings is 3. The van der Waals surface area contributed by atoms with Crippen molar-refractivity contribution in [1.29, 1.82) is 0 Å². The Bertz CT molecular complexity index is 1000. The van der Waals surface area contributed by atoms with Crippen molar-refractivity contribution in [2.45, 2.75) is 26.2 Å². The van der Waals surface area contributed by atoms with Gasteiger partial charge in [-0.25, -0.2) is 4.79 Å². The number of amides is 1. The van der Waals surface area contributed by atoms with Gasteiger partial charge in [0.1, 0.15) is 11.5 Å². The first-order valence-corrected chi connectivity index (χ1v) is 9.95. The molecule has 0 aliphatic rings. The van der Waals surface area contributed by atoms with Crippen LogP contribution in [0.4, 0.5) is 5.69 Å². The van der Waals surface area contributed by atoms with E-state index in [9.17, 15) is 9.59 Å². The van der Waals surface area contributed by atoms with E-state index in [0.29, 0.717) is 23.0 Å². The van der Waals surface area contributed by atoms with Crippen molar-refractivity contribution in [2.75, 3.05) is 11.9 Å². The Hall–Kier alpha value is -3.60. The van der Waals surface area contributed by atoms with E-state index in [2.05, 4.69) is 19.2 Å². The molecule has 0 saturated heterocycles. The first-order valence-electron chi connectivity index (χ1n) is 9.95. The zero-order valence-electron chi connectivity index (χ0n) is 17.1. The van der Waals surface area contributed by atoms with Gasteiger partial charge in [0.05, 0.1) is 5.56 Å². The van der Waals surface area contributed by atoms with Crippen molar-refractivity contribution in [2.24, 2.45) is 0 Å². The van der Waals surface area contributed by atoms with Crippen LogP contribution in [0.2, 0.25) is 0 Å². The Morgan fingerprint density at radius 3 is 2.37 bits per heavy atom. The Kier molecular flexibility index (Phi) is 7.22. The van der Waals surface area contributed by atoms with Gasteiger partial charge in [0.25, 0.3) is 5.91 Å². The summed E-state index contributed by atoms with van der Waals surface area (Å²) in [7, 11) is 0. The summed E-state index contributed by atoms with van der Waals surface area (Å²) < 4.78 is 10.9. The molecule has 3 rings (SSSR count). The molecule has 30 heavy (non-hydrogen) atoms. The maximum Gasteiger partial charge on any atom is 0.338 e. The summed E-state index contributed by atoms with van der Waals surface area (Å²) in [5.41, 5.74) is 2.12. The van der Waals surface area contributed by atoms with Crippen molar-refractivity contribution in [3.8, 4) is 11.5 Å². The van der Waals surface area contributed by atoms with Crippen LogP contribution in [0, 0.1) is 0 Å². The van der Waals surface area contributed by atoms with E-state index < -0.39 is 5.97 Å². The summed E-state index contributed by atoms with van der Waals surface area (Å²) >= 11 is 0. The second kappa shape index (κ2) is 10.3. The Balaban J connectivity index is 1.58. The second-order valence-corrected chi connectivity index (χ2v) is 6.96. The molecule has 0 aromatic heterocycles. The van der Waals surface area contributed by atoms with Gasteiger partial charge < -0.3 is 14.8 Å². The maximum absolute atomic E-state index is 12.4. The number of para-hydroxylation sites is 2. The summed E-state index contributed by atoms with van der Waals surface area (Å²) in [5.74, 6) is 0.538. The monoisotopic (exact) mass is 403 g/mol. The molecular weight excluding hydrogens is 378 g/mol. The van der Waals surface area contributed by atoms with Crippen LogP contribution in [0.25, 0.3) is 0 Å². The molecule has 1 unspecified atom stereocenters. The van der Waals surface area contributed by atoms with E-state index in [0.717, 1.165) is 17.7 Å². The molecule has 1 amide bonds. The van der Waals surface area contributed by atoms with E-state index >= 15 is 0 Å². The fraction of sp³-hybridized carbons (Fsp3) is 0.200. The van der Waals surface area contributed by atoms with E-state index in [1.807, 2.05) is 54.6 Å². The molecule has 3 aromatic carbocycles. The highest BCUT2D eigenvalue weighted by Crippen LogP contribution is 2.26. The zero-order chi connectivity index (χ0) is 21.3. The summed E-state index contributed by atoms with van der Waals surface area (Å²) in [5, 5.41) is 2.84. The summed E-state index contributed by atoms with van der Waals surface area (Å²) in [6, 6.07) is 23.6. The first kappa shape index (κ1) is 21.1. The molecule has 154 valence electrons. The molecule has 5 heteroatoms. The van der Waals surface area contributed by atoms with Crippen LogP contribution in [-0.2, 0) is 9.53 Å². The molecule has 0 saturated carbocycles. The number of carbonyl (C=O) groups is 2. The number of hydrogen-bond acceptors (Lipinski definition) is 4. The molecule has 0 spiro atoms. The van der Waals surface area contributed by atoms with Crippen LogP contribution in [0.1, 0.15) is 42.1 Å². The number of rotatable bonds is 8. The van der Waals surface area contributed by atoms with E-state index in [1.165, 1.54) is 0 Å². The highest BCUT2D eigenvalue weighted by atomic mass is 16.5. The van der Waals surface area contributed by atoms with Crippen LogP contribution >= 0.6 is 0 Å². The van der Waals surface area contributed by atoms with E-state index in [-0.39, 0.29) is 12.5 Å². The van der Waals surface area contributed by atoms with Gasteiger partial charge in [0, 0.05) is 5.69 Å². The predicted octanol–water partition coefficient (Wildman–Crippen LogP) is 5.79. The van der Waals surface area contributed by atoms with Gasteiger partial charge in [0.15, 0.2) is 6.61 Å². The van der Waals surface area contributed by atoms with Gasteiger partial charge in [-0.15, -0.1) is 0 Å². The minimum Gasteiger partial charge on any atom is -0.457 e. The normalized spacial score (nSPS) is 11.4. The number of ether oxygens (including phenoxy) is 2. The third-order valence-corrected chi connectivity index (χ3v) is 4.76. The lowest BCUT2D eigenvalue weighted by molar-refractivity contribution is -0.119. The number of carbonyl (C=O) groups excluding carboxylic acids is 2. The molecule has 0 aliphatic heterocycles. The molecule has 0 aliphatic carbocycles. The van der Waals surface area contributed by atoms with Crippen LogP contribution in [0.5, 0.6) is 11.5 Å². The van der Waals surface area contributed by atoms with Crippen molar-refractivity contribution in [3.63, 3.8) is 0 Å². The smallest absolute Gasteiger partial charge is 0.338 e. The van der Waals surface area contributed by atoms with Gasteiger partial charge in [-0.2, -0.15) is 0 Å². The third kappa shape index (κ3) is 5.70. The van der Waals surface area contributed by atoms with Gasteiger partial charge >= 0.3 is 5.97 Å². The molecule has 5 nitrogen and oxygen atoms in total. The van der Waals surface area contributed by atoms with Crippen molar-refractivity contribution in [3.05, 3.63) is 90.0 Å². The molecule has 0 bridgehead atoms. The lowest BCUT2D eigenvalue weighted by Gasteiger charge is -2.15. The highest BCUT2D eigenvalue weighted by molar-refractivity contribution is 5.96. The highest BCUT2D eigenvalue weighted by Gasteiger charge is 2.14. The SMILES string of the molecule is CCC(C)c1ccccc1NC(=O)COC(=O)c1cccc(Oc2ccccc2)c1. The van der Waals surface area contributed by atoms with Crippen molar-refractivity contribution >= 4 is 17.6 Å². The fourth-order valence-corrected chi connectivity index (χ4v) is 2.97. The minimum absolute atomic E-state index is 0.316. The van der Waals surface area contributed by atoms with Crippen LogP contribution in [0.15, 0.2) is 78.9 Å². The van der Waals surface area contributed by atoms with Crippen LogP contribution in [0.3, 0.4) is 0 Å². The molecule has 0 radical (unpaired) electrons. The molecule has 1 N–H and O–H groups in total. The van der Waals surface area contributed by atoms with Gasteiger partial charge in [-0.1, -0.05) is 56.3 Å². The topological polar surface area (TPSA) is 64.6 Å². The molecule has 0 heterocycles. The first-order chi connectivity index (χ1) is 14.6. The van der Waals surface area contributed by atoms with Crippen molar-refractivity contribution < 1.29 is 19.1 Å². The van der Waals surface area contributed by atoms with E-state index in [4.69, 9.17) is 9.47 Å². The number of esters is 1. The van der Waals surface area contributed by atoms with Gasteiger partial charge in [0.2, 0.25) is 0 Å². The number of anilines is 1. The average molecular weight is 403 g/mol. The standard InChI is InChI=1S/C25H25NO4/c1-3-18(2)22-14-7-8-15-23(22)26-24(27)17-29-25(28)19-10-9-13-21(16-19)30-20-11-5-4-6-12-20/h4-16,18H,3,17H2,1-2H3,(H,26,27). The summed E-state index contributed by atoms with van der Waals surface area (Å²) in [6.07, 6.45) is 0.962. The minimum atomic E-state index is -0.584. The fourth-order valence-electron chi connectivity index (χ4n) is 2.97. The Labute approximate surface area is 176 Å². The zero-order valence-corrected chi connectivity index (χ0v) is 17.1. The Morgan fingerprint density at radius 2 is 1.60 bits per heavy atom. The Morgan fingerprint density at radius 1 is 0.900 bits per heavy atom. The number of hydrogen-bond donors (Lipinski definition) is 1. The summed E-state index contributed by atoms with van der Waals surface area (Å²) in [4.78, 5) is 24.7. The molecular formula is C25H25NO4. The lowest BCUT2D eigenvalue weighted by atomic mass is 9.97.